The lowest BCUT2D eigenvalue weighted by Gasteiger charge is -2.18. The van der Waals surface area contributed by atoms with Crippen LogP contribution in [0.5, 0.6) is 5.75 Å². The minimum absolute atomic E-state index is 0.437. The maximum absolute atomic E-state index is 5.72. The first kappa shape index (κ1) is 10.7. The van der Waals surface area contributed by atoms with Crippen molar-refractivity contribution >= 4 is 33.2 Å². The number of anilines is 1. The molecule has 13 heavy (non-hydrogen) atoms. The lowest BCUT2D eigenvalue weighted by atomic mass is 10.3. The van der Waals surface area contributed by atoms with Gasteiger partial charge in [-0.25, -0.2) is 0 Å². The number of hydrogen-bond donors (Lipinski definition) is 0. The predicted molar refractivity (Wildman–Crippen MR) is 59.8 cm³/mol. The van der Waals surface area contributed by atoms with Gasteiger partial charge in [0.2, 0.25) is 0 Å². The third-order valence-electron chi connectivity index (χ3n) is 1.73. The molecule has 0 aliphatic heterocycles. The van der Waals surface area contributed by atoms with Crippen LogP contribution in [0, 0.1) is 0 Å². The number of ether oxygens (including phenoxy) is 1. The topological polar surface area (TPSA) is 12.5 Å². The van der Waals surface area contributed by atoms with Crippen LogP contribution in [0.2, 0.25) is 0 Å². The minimum atomic E-state index is 0.437. The molecule has 0 atom stereocenters. The quantitative estimate of drug-likeness (QED) is 0.614. The van der Waals surface area contributed by atoms with Gasteiger partial charge in [0, 0.05) is 11.5 Å². The van der Waals surface area contributed by atoms with E-state index in [2.05, 4.69) is 15.9 Å². The molecule has 2 nitrogen and oxygen atoms in total. The van der Waals surface area contributed by atoms with Crippen LogP contribution >= 0.6 is 27.5 Å². The third kappa shape index (κ3) is 2.51. The molecule has 0 radical (unpaired) electrons. The molecule has 0 heterocycles. The molecule has 0 saturated carbocycles. The Morgan fingerprint density at radius 2 is 2.23 bits per heavy atom. The summed E-state index contributed by atoms with van der Waals surface area (Å²) in [6.45, 7) is 0. The van der Waals surface area contributed by atoms with Gasteiger partial charge in [0.25, 0.3) is 0 Å². The van der Waals surface area contributed by atoms with Crippen molar-refractivity contribution in [2.45, 2.75) is 0 Å². The number of nitrogens with zero attached hydrogens (tertiary/aromatic N) is 1. The van der Waals surface area contributed by atoms with Crippen LogP contribution in [-0.2, 0) is 0 Å². The van der Waals surface area contributed by atoms with E-state index in [-0.39, 0.29) is 0 Å². The van der Waals surface area contributed by atoms with Crippen LogP contribution in [0.3, 0.4) is 0 Å². The lowest BCUT2D eigenvalue weighted by molar-refractivity contribution is 0.415. The zero-order valence-electron chi connectivity index (χ0n) is 7.55. The van der Waals surface area contributed by atoms with Gasteiger partial charge in [0.05, 0.1) is 18.8 Å². The SMILES string of the molecule is COc1ccc(Br)cc1N(C)CCl. The fourth-order valence-electron chi connectivity index (χ4n) is 1.03. The Morgan fingerprint density at radius 3 is 2.77 bits per heavy atom. The maximum atomic E-state index is 5.72. The molecule has 4 heteroatoms. The summed E-state index contributed by atoms with van der Waals surface area (Å²) in [4.78, 5) is 1.91. The highest BCUT2D eigenvalue weighted by Gasteiger charge is 2.06. The van der Waals surface area contributed by atoms with Crippen molar-refractivity contribution in [1.82, 2.24) is 0 Å². The smallest absolute Gasteiger partial charge is 0.142 e. The molecule has 0 amide bonds. The first-order chi connectivity index (χ1) is 6.19. The molecule has 1 aromatic rings. The molecular formula is C9H11BrClNO. The zero-order valence-corrected chi connectivity index (χ0v) is 9.89. The van der Waals surface area contributed by atoms with E-state index >= 15 is 0 Å². The third-order valence-corrected chi connectivity index (χ3v) is 2.58. The van der Waals surface area contributed by atoms with Crippen molar-refractivity contribution in [2.24, 2.45) is 0 Å². The summed E-state index contributed by atoms with van der Waals surface area (Å²) in [6.07, 6.45) is 0. The van der Waals surface area contributed by atoms with Gasteiger partial charge in [-0.1, -0.05) is 15.9 Å². The van der Waals surface area contributed by atoms with Gasteiger partial charge in [0.1, 0.15) is 5.75 Å². The highest BCUT2D eigenvalue weighted by atomic mass is 79.9. The van der Waals surface area contributed by atoms with Gasteiger partial charge in [-0.15, -0.1) is 11.6 Å². The summed E-state index contributed by atoms with van der Waals surface area (Å²) in [7, 11) is 3.56. The maximum Gasteiger partial charge on any atom is 0.142 e. The van der Waals surface area contributed by atoms with E-state index in [0.717, 1.165) is 15.9 Å². The van der Waals surface area contributed by atoms with E-state index < -0.39 is 0 Å². The highest BCUT2D eigenvalue weighted by molar-refractivity contribution is 9.10. The van der Waals surface area contributed by atoms with E-state index in [4.69, 9.17) is 16.3 Å². The average Bonchev–Trinajstić information content (AvgIpc) is 2.16. The van der Waals surface area contributed by atoms with Crippen LogP contribution < -0.4 is 9.64 Å². The monoisotopic (exact) mass is 263 g/mol. The fraction of sp³-hybridized carbons (Fsp3) is 0.333. The molecule has 0 aliphatic rings. The molecule has 1 aromatic carbocycles. The molecule has 0 unspecified atom stereocenters. The molecule has 0 bridgehead atoms. The molecule has 0 saturated heterocycles. The molecule has 0 spiro atoms. The Balaban J connectivity index is 3.07. The molecule has 0 aromatic heterocycles. The second kappa shape index (κ2) is 4.72. The Bertz CT molecular complexity index is 293. The van der Waals surface area contributed by atoms with Crippen LogP contribution in [0.15, 0.2) is 22.7 Å². The number of halogens is 2. The molecule has 0 aliphatic carbocycles. The van der Waals surface area contributed by atoms with Crippen molar-refractivity contribution in [3.8, 4) is 5.75 Å². The van der Waals surface area contributed by atoms with E-state index in [1.165, 1.54) is 0 Å². The van der Waals surface area contributed by atoms with Crippen LogP contribution in [0.4, 0.5) is 5.69 Å². The molecule has 0 N–H and O–H groups in total. The molecular weight excluding hydrogens is 253 g/mol. The van der Waals surface area contributed by atoms with Gasteiger partial charge < -0.3 is 9.64 Å². The summed E-state index contributed by atoms with van der Waals surface area (Å²) in [5, 5.41) is 0. The van der Waals surface area contributed by atoms with Crippen molar-refractivity contribution < 1.29 is 4.74 Å². The second-order valence-corrected chi connectivity index (χ2v) is 3.79. The predicted octanol–water partition coefficient (Wildman–Crippen LogP) is 3.09. The van der Waals surface area contributed by atoms with Crippen molar-refractivity contribution in [2.75, 3.05) is 25.1 Å². The molecule has 72 valence electrons. The Morgan fingerprint density at radius 1 is 1.54 bits per heavy atom. The summed E-state index contributed by atoms with van der Waals surface area (Å²) in [5.74, 6) is 0.825. The van der Waals surface area contributed by atoms with E-state index in [9.17, 15) is 0 Å². The Labute approximate surface area is 91.6 Å². The number of benzene rings is 1. The Hall–Kier alpha value is -0.410. The summed E-state index contributed by atoms with van der Waals surface area (Å²) in [5.41, 5.74) is 0.979. The lowest BCUT2D eigenvalue weighted by Crippen LogP contribution is -2.15. The number of hydrogen-bond acceptors (Lipinski definition) is 2. The normalized spacial score (nSPS) is 9.85. The van der Waals surface area contributed by atoms with Gasteiger partial charge in [-0.2, -0.15) is 0 Å². The van der Waals surface area contributed by atoms with Crippen molar-refractivity contribution in [3.63, 3.8) is 0 Å². The van der Waals surface area contributed by atoms with Crippen molar-refractivity contribution in [1.29, 1.82) is 0 Å². The number of alkyl halides is 1. The van der Waals surface area contributed by atoms with Crippen LogP contribution in [0.1, 0.15) is 0 Å². The van der Waals surface area contributed by atoms with Gasteiger partial charge in [-0.05, 0) is 18.2 Å². The minimum Gasteiger partial charge on any atom is -0.495 e. The summed E-state index contributed by atoms with van der Waals surface area (Å²) >= 11 is 9.12. The van der Waals surface area contributed by atoms with E-state index in [0.29, 0.717) is 6.00 Å². The summed E-state index contributed by atoms with van der Waals surface area (Å²) < 4.78 is 6.22. The van der Waals surface area contributed by atoms with E-state index in [1.807, 2.05) is 30.1 Å². The number of methoxy groups -OCH3 is 1. The van der Waals surface area contributed by atoms with Crippen molar-refractivity contribution in [3.05, 3.63) is 22.7 Å². The van der Waals surface area contributed by atoms with Gasteiger partial charge >= 0.3 is 0 Å². The fourth-order valence-corrected chi connectivity index (χ4v) is 1.50. The van der Waals surface area contributed by atoms with Gasteiger partial charge in [0.15, 0.2) is 0 Å². The zero-order chi connectivity index (χ0) is 9.84. The first-order valence-electron chi connectivity index (χ1n) is 3.79. The largest absolute Gasteiger partial charge is 0.495 e. The average molecular weight is 265 g/mol. The number of rotatable bonds is 3. The standard InChI is InChI=1S/C9H11BrClNO/c1-12(6-11)8-5-7(10)3-4-9(8)13-2/h3-5H,6H2,1-2H3. The second-order valence-electron chi connectivity index (χ2n) is 2.63. The van der Waals surface area contributed by atoms with Crippen LogP contribution in [-0.4, -0.2) is 20.2 Å². The van der Waals surface area contributed by atoms with E-state index in [1.54, 1.807) is 7.11 Å². The van der Waals surface area contributed by atoms with Crippen LogP contribution in [0.25, 0.3) is 0 Å². The summed E-state index contributed by atoms with van der Waals surface area (Å²) in [6, 6.07) is 6.25. The Kier molecular flexibility index (Phi) is 3.88. The molecule has 0 fully saturated rings. The van der Waals surface area contributed by atoms with Gasteiger partial charge in [-0.3, -0.25) is 0 Å². The highest BCUT2D eigenvalue weighted by Crippen LogP contribution is 2.30. The first-order valence-corrected chi connectivity index (χ1v) is 5.12. The molecule has 1 rings (SSSR count).